The molecule has 0 heterocycles. The lowest BCUT2D eigenvalue weighted by molar-refractivity contribution is -0.138. The molecule has 0 aliphatic rings. The van der Waals surface area contributed by atoms with Crippen LogP contribution in [-0.2, 0) is 11.0 Å². The average molecular weight is 345 g/mol. The lowest BCUT2D eigenvalue weighted by Crippen LogP contribution is -2.46. The number of carbonyl (C=O) groups is 2. The number of benzene rings is 1. The summed E-state index contributed by atoms with van der Waals surface area (Å²) in [5.74, 6) is -0.321. The average Bonchev–Trinajstić information content (AvgIpc) is 2.51. The van der Waals surface area contributed by atoms with Gasteiger partial charge in [0.1, 0.15) is 6.54 Å². The van der Waals surface area contributed by atoms with Crippen molar-refractivity contribution in [3.63, 3.8) is 0 Å². The van der Waals surface area contributed by atoms with Crippen molar-refractivity contribution in [3.8, 4) is 0 Å². The maximum absolute atomic E-state index is 13.1. The number of halogens is 3. The molecule has 1 aromatic rings. The summed E-state index contributed by atoms with van der Waals surface area (Å²) in [7, 11) is 0. The van der Waals surface area contributed by atoms with Crippen LogP contribution in [0.3, 0.4) is 0 Å². The largest absolute Gasteiger partial charge is 0.416 e. The number of nitrogens with one attached hydrogen (secondary N) is 2. The molecule has 134 valence electrons. The fourth-order valence-electron chi connectivity index (χ4n) is 2.24. The van der Waals surface area contributed by atoms with Crippen LogP contribution >= 0.6 is 0 Å². The summed E-state index contributed by atoms with van der Waals surface area (Å²) < 4.78 is 39.2. The minimum absolute atomic E-state index is 0.0209. The summed E-state index contributed by atoms with van der Waals surface area (Å²) in [5, 5.41) is 5.08. The van der Waals surface area contributed by atoms with Crippen molar-refractivity contribution in [2.24, 2.45) is 0 Å². The second-order valence-electron chi connectivity index (χ2n) is 5.22. The molecule has 0 saturated heterocycles. The molecule has 1 atom stereocenters. The zero-order chi connectivity index (χ0) is 18.3. The van der Waals surface area contributed by atoms with Crippen molar-refractivity contribution in [1.82, 2.24) is 15.5 Å². The number of urea groups is 1. The van der Waals surface area contributed by atoms with Crippen LogP contribution in [0.25, 0.3) is 0 Å². The van der Waals surface area contributed by atoms with Crippen molar-refractivity contribution in [1.29, 1.82) is 0 Å². The Balaban J connectivity index is 2.85. The molecule has 3 amide bonds. The topological polar surface area (TPSA) is 61.4 Å². The van der Waals surface area contributed by atoms with Crippen LogP contribution in [0, 0.1) is 0 Å². The van der Waals surface area contributed by atoms with Gasteiger partial charge in [0.25, 0.3) is 0 Å². The van der Waals surface area contributed by atoms with E-state index in [1.807, 2.05) is 0 Å². The van der Waals surface area contributed by atoms with Gasteiger partial charge in [-0.05, 0) is 32.4 Å². The van der Waals surface area contributed by atoms with Gasteiger partial charge in [-0.25, -0.2) is 4.79 Å². The first-order valence-electron chi connectivity index (χ1n) is 7.68. The minimum atomic E-state index is -4.50. The van der Waals surface area contributed by atoms with Crippen LogP contribution in [0.1, 0.15) is 37.9 Å². The molecule has 0 aliphatic carbocycles. The highest BCUT2D eigenvalue weighted by Gasteiger charge is 2.34. The SMILES string of the molecule is CCNC(=O)CN(CC)C(=O)NC(C)c1ccccc1C(F)(F)F. The zero-order valence-electron chi connectivity index (χ0n) is 13.9. The first-order valence-corrected chi connectivity index (χ1v) is 7.68. The van der Waals surface area contributed by atoms with E-state index < -0.39 is 23.8 Å². The van der Waals surface area contributed by atoms with E-state index in [-0.39, 0.29) is 24.6 Å². The molecule has 0 aliphatic heterocycles. The summed E-state index contributed by atoms with van der Waals surface area (Å²) in [6.07, 6.45) is -4.50. The Hall–Kier alpha value is -2.25. The van der Waals surface area contributed by atoms with Crippen molar-refractivity contribution >= 4 is 11.9 Å². The Kier molecular flexibility index (Phi) is 7.06. The molecule has 5 nitrogen and oxygen atoms in total. The Morgan fingerprint density at radius 3 is 2.38 bits per heavy atom. The van der Waals surface area contributed by atoms with E-state index in [0.29, 0.717) is 6.54 Å². The third-order valence-electron chi connectivity index (χ3n) is 3.45. The molecular weight excluding hydrogens is 323 g/mol. The molecule has 1 unspecified atom stereocenters. The molecule has 0 aromatic heterocycles. The van der Waals surface area contributed by atoms with E-state index in [2.05, 4.69) is 10.6 Å². The summed E-state index contributed by atoms with van der Waals surface area (Å²) in [6, 6.07) is 3.65. The molecule has 0 fully saturated rings. The fourth-order valence-corrected chi connectivity index (χ4v) is 2.24. The van der Waals surface area contributed by atoms with Gasteiger partial charge in [-0.15, -0.1) is 0 Å². The van der Waals surface area contributed by atoms with Gasteiger partial charge in [-0.2, -0.15) is 13.2 Å². The molecule has 0 bridgehead atoms. The second kappa shape index (κ2) is 8.56. The van der Waals surface area contributed by atoms with Crippen LogP contribution in [-0.4, -0.2) is 36.5 Å². The van der Waals surface area contributed by atoms with E-state index in [0.717, 1.165) is 6.07 Å². The number of amides is 3. The van der Waals surface area contributed by atoms with Gasteiger partial charge in [0.05, 0.1) is 11.6 Å². The Morgan fingerprint density at radius 2 is 1.83 bits per heavy atom. The molecule has 0 radical (unpaired) electrons. The van der Waals surface area contributed by atoms with E-state index >= 15 is 0 Å². The lowest BCUT2D eigenvalue weighted by atomic mass is 10.0. The second-order valence-corrected chi connectivity index (χ2v) is 5.22. The number of alkyl halides is 3. The normalized spacial score (nSPS) is 12.4. The Morgan fingerprint density at radius 1 is 1.21 bits per heavy atom. The minimum Gasteiger partial charge on any atom is -0.355 e. The molecule has 2 N–H and O–H groups in total. The van der Waals surface area contributed by atoms with E-state index in [1.165, 1.54) is 30.0 Å². The van der Waals surface area contributed by atoms with Gasteiger partial charge in [0.2, 0.25) is 5.91 Å². The van der Waals surface area contributed by atoms with Gasteiger partial charge >= 0.3 is 12.2 Å². The van der Waals surface area contributed by atoms with Crippen molar-refractivity contribution in [3.05, 3.63) is 35.4 Å². The molecule has 0 saturated carbocycles. The first-order chi connectivity index (χ1) is 11.2. The van der Waals surface area contributed by atoms with Crippen molar-refractivity contribution in [2.45, 2.75) is 33.0 Å². The van der Waals surface area contributed by atoms with Crippen LogP contribution in [0.4, 0.5) is 18.0 Å². The van der Waals surface area contributed by atoms with Gasteiger partial charge < -0.3 is 15.5 Å². The van der Waals surface area contributed by atoms with Gasteiger partial charge in [0, 0.05) is 13.1 Å². The quantitative estimate of drug-likeness (QED) is 0.833. The highest BCUT2D eigenvalue weighted by molar-refractivity contribution is 5.84. The number of nitrogens with zero attached hydrogens (tertiary/aromatic N) is 1. The maximum Gasteiger partial charge on any atom is 0.416 e. The number of rotatable bonds is 6. The van der Waals surface area contributed by atoms with Crippen molar-refractivity contribution in [2.75, 3.05) is 19.6 Å². The van der Waals surface area contributed by atoms with Crippen molar-refractivity contribution < 1.29 is 22.8 Å². The number of carbonyl (C=O) groups excluding carboxylic acids is 2. The highest BCUT2D eigenvalue weighted by atomic mass is 19.4. The zero-order valence-corrected chi connectivity index (χ0v) is 13.9. The first kappa shape index (κ1) is 19.8. The predicted octanol–water partition coefficient (Wildman–Crippen LogP) is 2.93. The monoisotopic (exact) mass is 345 g/mol. The standard InChI is InChI=1S/C16H22F3N3O2/c1-4-20-14(23)10-22(5-2)15(24)21-11(3)12-8-6-7-9-13(12)16(17,18)19/h6-9,11H,4-5,10H2,1-3H3,(H,20,23)(H,21,24). The summed E-state index contributed by atoms with van der Waals surface area (Å²) in [6.45, 7) is 5.47. The summed E-state index contributed by atoms with van der Waals surface area (Å²) in [5.41, 5.74) is -0.808. The molecule has 0 spiro atoms. The van der Waals surface area contributed by atoms with Crippen LogP contribution in [0.15, 0.2) is 24.3 Å². The van der Waals surface area contributed by atoms with E-state index in [9.17, 15) is 22.8 Å². The number of hydrogen-bond donors (Lipinski definition) is 2. The molecule has 8 heteroatoms. The fraction of sp³-hybridized carbons (Fsp3) is 0.500. The molecule has 1 aromatic carbocycles. The van der Waals surface area contributed by atoms with E-state index in [1.54, 1.807) is 13.8 Å². The highest BCUT2D eigenvalue weighted by Crippen LogP contribution is 2.34. The summed E-state index contributed by atoms with van der Waals surface area (Å²) >= 11 is 0. The molecule has 24 heavy (non-hydrogen) atoms. The smallest absolute Gasteiger partial charge is 0.355 e. The maximum atomic E-state index is 13.1. The number of likely N-dealkylation sites (N-methyl/N-ethyl adjacent to an activating group) is 2. The molecule has 1 rings (SSSR count). The summed E-state index contributed by atoms with van der Waals surface area (Å²) in [4.78, 5) is 25.0. The third-order valence-corrected chi connectivity index (χ3v) is 3.45. The van der Waals surface area contributed by atoms with E-state index in [4.69, 9.17) is 0 Å². The van der Waals surface area contributed by atoms with Crippen LogP contribution < -0.4 is 10.6 Å². The Bertz CT molecular complexity index is 576. The predicted molar refractivity (Wildman–Crippen MR) is 84.3 cm³/mol. The number of hydrogen-bond acceptors (Lipinski definition) is 2. The van der Waals surface area contributed by atoms with Crippen LogP contribution in [0.2, 0.25) is 0 Å². The third kappa shape index (κ3) is 5.43. The van der Waals surface area contributed by atoms with Gasteiger partial charge in [0.15, 0.2) is 0 Å². The van der Waals surface area contributed by atoms with Gasteiger partial charge in [-0.3, -0.25) is 4.79 Å². The van der Waals surface area contributed by atoms with Crippen LogP contribution in [0.5, 0.6) is 0 Å². The Labute approximate surface area is 139 Å². The van der Waals surface area contributed by atoms with Gasteiger partial charge in [-0.1, -0.05) is 18.2 Å². The molecular formula is C16H22F3N3O2. The lowest BCUT2D eigenvalue weighted by Gasteiger charge is -2.25.